The standard InChI is InChI=1S/C16H27N3/c1-12(2)9-11-19(14-7-8-14)16-15(13(3)17-4)6-5-10-18-16/h5-6,10,12-14,17H,7-9,11H2,1-4H3. The van der Waals surface area contributed by atoms with Crippen molar-refractivity contribution in [3.63, 3.8) is 0 Å². The second-order valence-corrected chi connectivity index (χ2v) is 6.03. The quantitative estimate of drug-likeness (QED) is 0.815. The van der Waals surface area contributed by atoms with Gasteiger partial charge in [-0.1, -0.05) is 19.9 Å². The highest BCUT2D eigenvalue weighted by Crippen LogP contribution is 2.34. The minimum absolute atomic E-state index is 0.351. The van der Waals surface area contributed by atoms with E-state index >= 15 is 0 Å². The molecule has 1 saturated carbocycles. The van der Waals surface area contributed by atoms with E-state index in [1.807, 2.05) is 19.3 Å². The number of anilines is 1. The summed E-state index contributed by atoms with van der Waals surface area (Å²) in [5.74, 6) is 1.93. The van der Waals surface area contributed by atoms with Gasteiger partial charge in [0.1, 0.15) is 5.82 Å². The highest BCUT2D eigenvalue weighted by Gasteiger charge is 2.31. The van der Waals surface area contributed by atoms with Gasteiger partial charge in [-0.2, -0.15) is 0 Å². The van der Waals surface area contributed by atoms with Crippen molar-refractivity contribution in [3.05, 3.63) is 23.9 Å². The van der Waals surface area contributed by atoms with Crippen LogP contribution in [0.3, 0.4) is 0 Å². The molecular weight excluding hydrogens is 234 g/mol. The highest BCUT2D eigenvalue weighted by atomic mass is 15.2. The zero-order valence-electron chi connectivity index (χ0n) is 12.7. The van der Waals surface area contributed by atoms with Gasteiger partial charge < -0.3 is 10.2 Å². The Bertz CT molecular complexity index is 399. The lowest BCUT2D eigenvalue weighted by Gasteiger charge is -2.28. The van der Waals surface area contributed by atoms with Crippen molar-refractivity contribution < 1.29 is 0 Å². The molecule has 1 aromatic heterocycles. The van der Waals surface area contributed by atoms with Gasteiger partial charge in [-0.05, 0) is 45.2 Å². The van der Waals surface area contributed by atoms with Crippen LogP contribution in [0, 0.1) is 5.92 Å². The number of nitrogens with one attached hydrogen (secondary N) is 1. The van der Waals surface area contributed by atoms with Crippen LogP contribution in [-0.2, 0) is 0 Å². The molecule has 3 nitrogen and oxygen atoms in total. The van der Waals surface area contributed by atoms with Crippen LogP contribution in [-0.4, -0.2) is 24.6 Å². The molecule has 19 heavy (non-hydrogen) atoms. The van der Waals surface area contributed by atoms with E-state index in [1.165, 1.54) is 30.6 Å². The molecule has 1 atom stereocenters. The van der Waals surface area contributed by atoms with E-state index in [4.69, 9.17) is 0 Å². The Morgan fingerprint density at radius 1 is 1.37 bits per heavy atom. The number of aromatic nitrogens is 1. The predicted octanol–water partition coefficient (Wildman–Crippen LogP) is 3.38. The number of nitrogens with zero attached hydrogens (tertiary/aromatic N) is 2. The molecule has 0 amide bonds. The van der Waals surface area contributed by atoms with Gasteiger partial charge >= 0.3 is 0 Å². The Kier molecular flexibility index (Phi) is 4.81. The third-order valence-electron chi connectivity index (χ3n) is 3.92. The van der Waals surface area contributed by atoms with Crippen molar-refractivity contribution in [2.75, 3.05) is 18.5 Å². The van der Waals surface area contributed by atoms with Gasteiger partial charge in [-0.3, -0.25) is 0 Å². The van der Waals surface area contributed by atoms with Crippen molar-refractivity contribution in [2.24, 2.45) is 5.92 Å². The third-order valence-corrected chi connectivity index (χ3v) is 3.92. The van der Waals surface area contributed by atoms with E-state index in [0.29, 0.717) is 6.04 Å². The van der Waals surface area contributed by atoms with Crippen LogP contribution in [0.15, 0.2) is 18.3 Å². The summed E-state index contributed by atoms with van der Waals surface area (Å²) >= 11 is 0. The highest BCUT2D eigenvalue weighted by molar-refractivity contribution is 5.50. The molecule has 1 aliphatic rings. The second-order valence-electron chi connectivity index (χ2n) is 6.03. The maximum Gasteiger partial charge on any atom is 0.133 e. The van der Waals surface area contributed by atoms with Crippen LogP contribution >= 0.6 is 0 Å². The maximum absolute atomic E-state index is 4.67. The van der Waals surface area contributed by atoms with Gasteiger partial charge in [0.2, 0.25) is 0 Å². The van der Waals surface area contributed by atoms with Gasteiger partial charge in [-0.15, -0.1) is 0 Å². The first-order valence-corrected chi connectivity index (χ1v) is 7.52. The fourth-order valence-corrected chi connectivity index (χ4v) is 2.39. The van der Waals surface area contributed by atoms with Crippen LogP contribution in [0.4, 0.5) is 5.82 Å². The average molecular weight is 261 g/mol. The molecule has 1 N–H and O–H groups in total. The third kappa shape index (κ3) is 3.69. The molecule has 1 heterocycles. The summed E-state index contributed by atoms with van der Waals surface area (Å²) in [5.41, 5.74) is 1.32. The molecule has 2 rings (SSSR count). The Morgan fingerprint density at radius 2 is 2.11 bits per heavy atom. The first-order valence-electron chi connectivity index (χ1n) is 7.52. The normalized spacial score (nSPS) is 16.7. The van der Waals surface area contributed by atoms with Crippen molar-refractivity contribution in [1.82, 2.24) is 10.3 Å². The molecule has 0 bridgehead atoms. The summed E-state index contributed by atoms with van der Waals surface area (Å²) in [7, 11) is 2.01. The molecule has 0 saturated heterocycles. The number of pyridine rings is 1. The van der Waals surface area contributed by atoms with E-state index in [9.17, 15) is 0 Å². The number of rotatable bonds is 7. The minimum Gasteiger partial charge on any atom is -0.353 e. The zero-order chi connectivity index (χ0) is 13.8. The van der Waals surface area contributed by atoms with Crippen LogP contribution < -0.4 is 10.2 Å². The van der Waals surface area contributed by atoms with Crippen molar-refractivity contribution in [3.8, 4) is 0 Å². The molecule has 1 fully saturated rings. The lowest BCUT2D eigenvalue weighted by molar-refractivity contribution is 0.564. The summed E-state index contributed by atoms with van der Waals surface area (Å²) in [6.07, 6.45) is 5.80. The van der Waals surface area contributed by atoms with Crippen LogP contribution in [0.25, 0.3) is 0 Å². The number of hydrogen-bond acceptors (Lipinski definition) is 3. The van der Waals surface area contributed by atoms with E-state index in [-0.39, 0.29) is 0 Å². The SMILES string of the molecule is CNC(C)c1cccnc1N(CCC(C)C)C1CC1. The Balaban J connectivity index is 2.20. The van der Waals surface area contributed by atoms with E-state index < -0.39 is 0 Å². The number of hydrogen-bond donors (Lipinski definition) is 1. The topological polar surface area (TPSA) is 28.2 Å². The molecule has 3 heteroatoms. The summed E-state index contributed by atoms with van der Waals surface area (Å²) in [6, 6.07) is 5.31. The Labute approximate surface area is 117 Å². The van der Waals surface area contributed by atoms with Crippen LogP contribution in [0.5, 0.6) is 0 Å². The average Bonchev–Trinajstić information content (AvgIpc) is 3.23. The maximum atomic E-state index is 4.67. The summed E-state index contributed by atoms with van der Waals surface area (Å²) in [4.78, 5) is 7.20. The Hall–Kier alpha value is -1.09. The van der Waals surface area contributed by atoms with Gasteiger partial charge in [-0.25, -0.2) is 4.98 Å². The smallest absolute Gasteiger partial charge is 0.133 e. The summed E-state index contributed by atoms with van der Waals surface area (Å²) < 4.78 is 0. The molecule has 0 spiro atoms. The van der Waals surface area contributed by atoms with E-state index in [1.54, 1.807) is 0 Å². The van der Waals surface area contributed by atoms with Crippen molar-refractivity contribution in [1.29, 1.82) is 0 Å². The monoisotopic (exact) mass is 261 g/mol. The molecule has 1 unspecified atom stereocenters. The van der Waals surface area contributed by atoms with Crippen LogP contribution in [0.1, 0.15) is 51.6 Å². The first-order chi connectivity index (χ1) is 9.13. The zero-order valence-corrected chi connectivity index (χ0v) is 12.7. The molecule has 0 aromatic carbocycles. The van der Waals surface area contributed by atoms with Crippen molar-refractivity contribution >= 4 is 5.82 Å². The lowest BCUT2D eigenvalue weighted by atomic mass is 10.1. The second kappa shape index (κ2) is 6.38. The van der Waals surface area contributed by atoms with E-state index in [0.717, 1.165) is 18.5 Å². The van der Waals surface area contributed by atoms with Gasteiger partial charge in [0, 0.05) is 30.4 Å². The molecule has 1 aromatic rings. The Morgan fingerprint density at radius 3 is 2.68 bits per heavy atom. The summed E-state index contributed by atoms with van der Waals surface area (Å²) in [5, 5.41) is 3.33. The van der Waals surface area contributed by atoms with Crippen molar-refractivity contribution in [2.45, 2.75) is 52.1 Å². The largest absolute Gasteiger partial charge is 0.353 e. The van der Waals surface area contributed by atoms with Crippen LogP contribution in [0.2, 0.25) is 0 Å². The summed E-state index contributed by atoms with van der Waals surface area (Å²) in [6.45, 7) is 7.91. The van der Waals surface area contributed by atoms with Gasteiger partial charge in [0.15, 0.2) is 0 Å². The fourth-order valence-electron chi connectivity index (χ4n) is 2.39. The van der Waals surface area contributed by atoms with Gasteiger partial charge in [0.05, 0.1) is 0 Å². The van der Waals surface area contributed by atoms with E-state index in [2.05, 4.69) is 42.0 Å². The molecule has 1 aliphatic carbocycles. The molecule has 0 radical (unpaired) electrons. The lowest BCUT2D eigenvalue weighted by Crippen LogP contribution is -2.30. The molecule has 0 aliphatic heterocycles. The molecular formula is C16H27N3. The fraction of sp³-hybridized carbons (Fsp3) is 0.688. The molecule has 106 valence electrons. The minimum atomic E-state index is 0.351. The first kappa shape index (κ1) is 14.3. The predicted molar refractivity (Wildman–Crippen MR) is 81.5 cm³/mol. The van der Waals surface area contributed by atoms with Gasteiger partial charge in [0.25, 0.3) is 0 Å².